The molecule has 1 fully saturated rings. The first-order chi connectivity index (χ1) is 8.47. The monoisotopic (exact) mass is 256 g/mol. The summed E-state index contributed by atoms with van der Waals surface area (Å²) in [5.41, 5.74) is -0.612. The van der Waals surface area contributed by atoms with Crippen molar-refractivity contribution in [1.29, 1.82) is 0 Å². The third-order valence-electron chi connectivity index (χ3n) is 4.06. The Labute approximate surface area is 113 Å². The lowest BCUT2D eigenvalue weighted by Crippen LogP contribution is -2.45. The van der Waals surface area contributed by atoms with Crippen molar-refractivity contribution in [2.75, 3.05) is 6.61 Å². The van der Waals surface area contributed by atoms with Gasteiger partial charge >= 0.3 is 0 Å². The van der Waals surface area contributed by atoms with Crippen molar-refractivity contribution in [3.05, 3.63) is 0 Å². The zero-order valence-corrected chi connectivity index (χ0v) is 12.6. The highest BCUT2D eigenvalue weighted by Crippen LogP contribution is 2.35. The van der Waals surface area contributed by atoms with Gasteiger partial charge in [0.15, 0.2) is 0 Å². The molecule has 0 aromatic carbocycles. The molecule has 1 heterocycles. The smallest absolute Gasteiger partial charge is 0.0697 e. The average Bonchev–Trinajstić information content (AvgIpc) is 2.26. The van der Waals surface area contributed by atoms with Crippen LogP contribution >= 0.6 is 0 Å². The van der Waals surface area contributed by atoms with Crippen LogP contribution in [0.25, 0.3) is 0 Å². The van der Waals surface area contributed by atoms with Gasteiger partial charge in [0.05, 0.1) is 17.8 Å². The van der Waals surface area contributed by atoms with Gasteiger partial charge in [-0.3, -0.25) is 0 Å². The molecule has 0 aromatic heterocycles. The number of hydrogen-bond acceptors (Lipinski definition) is 2. The first kappa shape index (κ1) is 16.0. The number of aliphatic hydroxyl groups is 1. The van der Waals surface area contributed by atoms with E-state index in [1.54, 1.807) is 0 Å². The van der Waals surface area contributed by atoms with Gasteiger partial charge in [-0.2, -0.15) is 0 Å². The van der Waals surface area contributed by atoms with E-state index in [9.17, 15) is 5.11 Å². The van der Waals surface area contributed by atoms with Gasteiger partial charge in [0.1, 0.15) is 0 Å². The van der Waals surface area contributed by atoms with Gasteiger partial charge in [-0.05, 0) is 26.7 Å². The molecule has 0 aromatic rings. The quantitative estimate of drug-likeness (QED) is 0.650. The molecular formula is C16H32O2. The van der Waals surface area contributed by atoms with Gasteiger partial charge in [0.2, 0.25) is 0 Å². The maximum atomic E-state index is 10.6. The standard InChI is InChI=1S/C16H32O2/c1-4-5-6-7-8-9-10-11-16(17)12-13-18-15(2,3)14-16/h17H,4-14H2,1-3H3. The highest BCUT2D eigenvalue weighted by atomic mass is 16.5. The SMILES string of the molecule is CCCCCCCCCC1(O)CCOC(C)(C)C1. The molecule has 0 aliphatic carbocycles. The van der Waals surface area contributed by atoms with E-state index in [0.29, 0.717) is 6.61 Å². The Morgan fingerprint density at radius 2 is 1.61 bits per heavy atom. The molecule has 1 unspecified atom stereocenters. The summed E-state index contributed by atoms with van der Waals surface area (Å²) < 4.78 is 5.67. The summed E-state index contributed by atoms with van der Waals surface area (Å²) in [6.45, 7) is 7.13. The Kier molecular flexibility index (Phi) is 6.65. The van der Waals surface area contributed by atoms with Crippen LogP contribution in [-0.2, 0) is 4.74 Å². The predicted octanol–water partition coefficient (Wildman–Crippen LogP) is 4.45. The molecule has 2 heteroatoms. The van der Waals surface area contributed by atoms with E-state index in [2.05, 4.69) is 20.8 Å². The van der Waals surface area contributed by atoms with Crippen LogP contribution < -0.4 is 0 Å². The van der Waals surface area contributed by atoms with Gasteiger partial charge in [0, 0.05) is 6.42 Å². The van der Waals surface area contributed by atoms with Crippen LogP contribution in [0.4, 0.5) is 0 Å². The molecule has 1 N–H and O–H groups in total. The summed E-state index contributed by atoms with van der Waals surface area (Å²) in [4.78, 5) is 0. The molecule has 1 atom stereocenters. The van der Waals surface area contributed by atoms with Gasteiger partial charge in [-0.25, -0.2) is 0 Å². The zero-order valence-electron chi connectivity index (χ0n) is 12.6. The minimum absolute atomic E-state index is 0.145. The van der Waals surface area contributed by atoms with Crippen molar-refractivity contribution in [3.8, 4) is 0 Å². The molecule has 1 rings (SSSR count). The lowest BCUT2D eigenvalue weighted by Gasteiger charge is -2.41. The van der Waals surface area contributed by atoms with Crippen molar-refractivity contribution in [2.24, 2.45) is 0 Å². The Balaban J connectivity index is 2.10. The summed E-state index contributed by atoms with van der Waals surface area (Å²) in [6, 6.07) is 0. The molecule has 1 aliphatic rings. The van der Waals surface area contributed by atoms with E-state index in [1.165, 1.54) is 44.9 Å². The summed E-state index contributed by atoms with van der Waals surface area (Å²) >= 11 is 0. The maximum Gasteiger partial charge on any atom is 0.0697 e. The fourth-order valence-corrected chi connectivity index (χ4v) is 3.07. The first-order valence-electron chi connectivity index (χ1n) is 7.84. The van der Waals surface area contributed by atoms with Crippen LogP contribution in [0.3, 0.4) is 0 Å². The van der Waals surface area contributed by atoms with Crippen LogP contribution in [0.5, 0.6) is 0 Å². The summed E-state index contributed by atoms with van der Waals surface area (Å²) in [7, 11) is 0. The Morgan fingerprint density at radius 1 is 1.00 bits per heavy atom. The third-order valence-corrected chi connectivity index (χ3v) is 4.06. The summed E-state index contributed by atoms with van der Waals surface area (Å²) in [5, 5.41) is 10.6. The van der Waals surface area contributed by atoms with E-state index in [4.69, 9.17) is 4.74 Å². The first-order valence-corrected chi connectivity index (χ1v) is 7.84. The van der Waals surface area contributed by atoms with Gasteiger partial charge in [-0.15, -0.1) is 0 Å². The number of hydrogen-bond donors (Lipinski definition) is 1. The van der Waals surface area contributed by atoms with Crippen molar-refractivity contribution in [3.63, 3.8) is 0 Å². The predicted molar refractivity (Wildman–Crippen MR) is 76.8 cm³/mol. The Morgan fingerprint density at radius 3 is 2.22 bits per heavy atom. The van der Waals surface area contributed by atoms with E-state index in [-0.39, 0.29) is 5.60 Å². The largest absolute Gasteiger partial charge is 0.390 e. The number of ether oxygens (including phenoxy) is 1. The number of unbranched alkanes of at least 4 members (excludes halogenated alkanes) is 6. The minimum atomic E-state index is -0.467. The van der Waals surface area contributed by atoms with Crippen molar-refractivity contribution < 1.29 is 9.84 Å². The molecule has 0 saturated carbocycles. The van der Waals surface area contributed by atoms with Crippen molar-refractivity contribution in [2.45, 2.75) is 96.2 Å². The second kappa shape index (κ2) is 7.49. The second-order valence-corrected chi connectivity index (χ2v) is 6.63. The van der Waals surface area contributed by atoms with Crippen molar-refractivity contribution in [1.82, 2.24) is 0 Å². The topological polar surface area (TPSA) is 29.5 Å². The Bertz CT molecular complexity index is 225. The van der Waals surface area contributed by atoms with Crippen LogP contribution in [-0.4, -0.2) is 22.9 Å². The zero-order chi connectivity index (χ0) is 13.5. The van der Waals surface area contributed by atoms with Gasteiger partial charge in [0.25, 0.3) is 0 Å². The Hall–Kier alpha value is -0.0800. The molecule has 1 saturated heterocycles. The van der Waals surface area contributed by atoms with Crippen LogP contribution in [0.1, 0.15) is 85.0 Å². The molecule has 108 valence electrons. The summed E-state index contributed by atoms with van der Waals surface area (Å²) in [6.07, 6.45) is 11.7. The normalized spacial score (nSPS) is 27.3. The number of rotatable bonds is 8. The van der Waals surface area contributed by atoms with Gasteiger partial charge < -0.3 is 9.84 Å². The van der Waals surface area contributed by atoms with Crippen LogP contribution in [0, 0.1) is 0 Å². The molecule has 0 radical (unpaired) electrons. The molecule has 18 heavy (non-hydrogen) atoms. The van der Waals surface area contributed by atoms with E-state index < -0.39 is 5.60 Å². The van der Waals surface area contributed by atoms with E-state index >= 15 is 0 Å². The maximum absolute atomic E-state index is 10.6. The fraction of sp³-hybridized carbons (Fsp3) is 1.00. The van der Waals surface area contributed by atoms with E-state index in [1.807, 2.05) is 0 Å². The second-order valence-electron chi connectivity index (χ2n) is 6.63. The highest BCUT2D eigenvalue weighted by molar-refractivity contribution is 4.90. The summed E-state index contributed by atoms with van der Waals surface area (Å²) in [5.74, 6) is 0. The average molecular weight is 256 g/mol. The third kappa shape index (κ3) is 6.19. The minimum Gasteiger partial charge on any atom is -0.390 e. The fourth-order valence-electron chi connectivity index (χ4n) is 3.07. The lowest BCUT2D eigenvalue weighted by atomic mass is 9.81. The molecule has 0 spiro atoms. The van der Waals surface area contributed by atoms with Crippen molar-refractivity contribution >= 4 is 0 Å². The van der Waals surface area contributed by atoms with Crippen LogP contribution in [0.2, 0.25) is 0 Å². The van der Waals surface area contributed by atoms with E-state index in [0.717, 1.165) is 19.3 Å². The molecule has 2 nitrogen and oxygen atoms in total. The molecule has 1 aliphatic heterocycles. The lowest BCUT2D eigenvalue weighted by molar-refractivity contribution is -0.147. The molecular weight excluding hydrogens is 224 g/mol. The highest BCUT2D eigenvalue weighted by Gasteiger charge is 2.38. The van der Waals surface area contributed by atoms with Crippen LogP contribution in [0.15, 0.2) is 0 Å². The molecule has 0 bridgehead atoms. The van der Waals surface area contributed by atoms with Gasteiger partial charge in [-0.1, -0.05) is 51.9 Å². The molecule has 0 amide bonds.